The topological polar surface area (TPSA) is 63.2 Å². The Labute approximate surface area is 127 Å². The number of carbonyl (C=O) groups is 1. The summed E-state index contributed by atoms with van der Waals surface area (Å²) in [5.74, 6) is 0.530. The van der Waals surface area contributed by atoms with E-state index in [0.29, 0.717) is 18.0 Å². The Kier molecular flexibility index (Phi) is 5.37. The molecule has 1 aromatic heterocycles. The molecule has 2 N–H and O–H groups in total. The summed E-state index contributed by atoms with van der Waals surface area (Å²) < 4.78 is 6.29. The van der Waals surface area contributed by atoms with Crippen molar-refractivity contribution in [2.45, 2.75) is 38.8 Å². The summed E-state index contributed by atoms with van der Waals surface area (Å²) in [6.07, 6.45) is 3.59. The number of anilines is 1. The van der Waals surface area contributed by atoms with Crippen molar-refractivity contribution < 1.29 is 9.53 Å². The van der Waals surface area contributed by atoms with Crippen LogP contribution in [0.15, 0.2) is 16.7 Å². The minimum absolute atomic E-state index is 0.0890. The fourth-order valence-electron chi connectivity index (χ4n) is 2.31. The molecule has 1 aliphatic rings. The van der Waals surface area contributed by atoms with E-state index in [9.17, 15) is 4.79 Å². The van der Waals surface area contributed by atoms with Gasteiger partial charge in [-0.2, -0.15) is 0 Å². The number of ether oxygens (including phenoxy) is 1. The minimum Gasteiger partial charge on any atom is -0.378 e. The second-order valence-corrected chi connectivity index (χ2v) is 5.87. The minimum atomic E-state index is -0.0890. The van der Waals surface area contributed by atoms with E-state index in [2.05, 4.69) is 31.5 Å². The molecule has 6 heteroatoms. The summed E-state index contributed by atoms with van der Waals surface area (Å²) in [7, 11) is 0. The molecular formula is C14H20BrN3O2. The Bertz CT molecular complexity index is 481. The van der Waals surface area contributed by atoms with Gasteiger partial charge in [-0.05, 0) is 48.7 Å². The summed E-state index contributed by atoms with van der Waals surface area (Å²) in [4.78, 5) is 16.7. The first-order valence-electron chi connectivity index (χ1n) is 6.92. The van der Waals surface area contributed by atoms with E-state index in [-0.39, 0.29) is 18.1 Å². The van der Waals surface area contributed by atoms with E-state index < -0.39 is 0 Å². The normalized spacial score (nSPS) is 22.4. The lowest BCUT2D eigenvalue weighted by atomic mass is 10.0. The molecular weight excluding hydrogens is 322 g/mol. The average Bonchev–Trinajstić information content (AvgIpc) is 2.41. The maximum atomic E-state index is 12.4. The Hall–Kier alpha value is -1.14. The molecule has 20 heavy (non-hydrogen) atoms. The van der Waals surface area contributed by atoms with E-state index in [1.165, 1.54) is 0 Å². The first kappa shape index (κ1) is 15.3. The maximum Gasteiger partial charge on any atom is 0.255 e. The average molecular weight is 342 g/mol. The molecule has 2 atom stereocenters. The smallest absolute Gasteiger partial charge is 0.255 e. The van der Waals surface area contributed by atoms with Crippen LogP contribution in [0.3, 0.4) is 0 Å². The predicted molar refractivity (Wildman–Crippen MR) is 82.0 cm³/mol. The molecule has 5 nitrogen and oxygen atoms in total. The fraction of sp³-hybridized carbons (Fsp3) is 0.571. The zero-order chi connectivity index (χ0) is 14.5. The monoisotopic (exact) mass is 341 g/mol. The summed E-state index contributed by atoms with van der Waals surface area (Å²) in [6.45, 7) is 5.43. The molecule has 0 spiro atoms. The number of hydrogen-bond acceptors (Lipinski definition) is 4. The van der Waals surface area contributed by atoms with E-state index >= 15 is 0 Å². The summed E-state index contributed by atoms with van der Waals surface area (Å²) >= 11 is 3.36. The van der Waals surface area contributed by atoms with Gasteiger partial charge in [0.1, 0.15) is 5.82 Å². The summed E-state index contributed by atoms with van der Waals surface area (Å²) in [6, 6.07) is 1.96. The number of amides is 1. The van der Waals surface area contributed by atoms with Crippen LogP contribution in [0.1, 0.15) is 37.0 Å². The van der Waals surface area contributed by atoms with Gasteiger partial charge >= 0.3 is 0 Å². The SMILES string of the molecule is CCNc1ncc(Br)cc1C(=O)NC1CCOC(C)C1. The van der Waals surface area contributed by atoms with Crippen LogP contribution in [0, 0.1) is 0 Å². The Morgan fingerprint density at radius 3 is 3.10 bits per heavy atom. The van der Waals surface area contributed by atoms with Crippen LogP contribution >= 0.6 is 15.9 Å². The number of aromatic nitrogens is 1. The van der Waals surface area contributed by atoms with Crippen LogP contribution in [0.5, 0.6) is 0 Å². The Morgan fingerprint density at radius 1 is 1.60 bits per heavy atom. The quantitative estimate of drug-likeness (QED) is 0.883. The number of nitrogens with zero attached hydrogens (tertiary/aromatic N) is 1. The van der Waals surface area contributed by atoms with Gasteiger partial charge in [0.15, 0.2) is 0 Å². The van der Waals surface area contributed by atoms with Gasteiger partial charge in [0.05, 0.1) is 11.7 Å². The van der Waals surface area contributed by atoms with Gasteiger partial charge in [-0.3, -0.25) is 4.79 Å². The van der Waals surface area contributed by atoms with Gasteiger partial charge in [0.25, 0.3) is 5.91 Å². The number of nitrogens with one attached hydrogen (secondary N) is 2. The highest BCUT2D eigenvalue weighted by Crippen LogP contribution is 2.19. The third-order valence-corrected chi connectivity index (χ3v) is 3.70. The van der Waals surface area contributed by atoms with Crippen LogP contribution in [0.4, 0.5) is 5.82 Å². The molecule has 2 rings (SSSR count). The van der Waals surface area contributed by atoms with Gasteiger partial charge in [-0.1, -0.05) is 0 Å². The summed E-state index contributed by atoms with van der Waals surface area (Å²) in [5.41, 5.74) is 0.570. The van der Waals surface area contributed by atoms with Crippen molar-refractivity contribution in [1.29, 1.82) is 0 Å². The van der Waals surface area contributed by atoms with Gasteiger partial charge in [-0.15, -0.1) is 0 Å². The largest absolute Gasteiger partial charge is 0.378 e. The van der Waals surface area contributed by atoms with Crippen LogP contribution < -0.4 is 10.6 Å². The fourth-order valence-corrected chi connectivity index (χ4v) is 2.64. The molecule has 1 aromatic rings. The number of pyridine rings is 1. The van der Waals surface area contributed by atoms with E-state index in [1.54, 1.807) is 12.3 Å². The lowest BCUT2D eigenvalue weighted by molar-refractivity contribution is 0.0136. The van der Waals surface area contributed by atoms with Crippen LogP contribution in [-0.4, -0.2) is 36.2 Å². The standard InChI is InChI=1S/C14H20BrN3O2/c1-3-16-13-12(7-10(15)8-17-13)14(19)18-11-4-5-20-9(2)6-11/h7-9,11H,3-6H2,1-2H3,(H,16,17)(H,18,19). The van der Waals surface area contributed by atoms with Crippen molar-refractivity contribution in [2.75, 3.05) is 18.5 Å². The van der Waals surface area contributed by atoms with Gasteiger partial charge in [-0.25, -0.2) is 4.98 Å². The molecule has 1 amide bonds. The highest BCUT2D eigenvalue weighted by atomic mass is 79.9. The number of carbonyl (C=O) groups excluding carboxylic acids is 1. The first-order chi connectivity index (χ1) is 9.60. The third-order valence-electron chi connectivity index (χ3n) is 3.26. The number of hydrogen-bond donors (Lipinski definition) is 2. The van der Waals surface area contributed by atoms with Crippen LogP contribution in [0.2, 0.25) is 0 Å². The first-order valence-corrected chi connectivity index (χ1v) is 7.71. The van der Waals surface area contributed by atoms with Crippen molar-refractivity contribution >= 4 is 27.7 Å². The third kappa shape index (κ3) is 3.93. The molecule has 110 valence electrons. The molecule has 2 unspecified atom stereocenters. The van der Waals surface area contributed by atoms with Crippen LogP contribution in [-0.2, 0) is 4.74 Å². The Morgan fingerprint density at radius 2 is 2.40 bits per heavy atom. The molecule has 0 aliphatic carbocycles. The van der Waals surface area contributed by atoms with Crippen molar-refractivity contribution in [3.05, 3.63) is 22.3 Å². The summed E-state index contributed by atoms with van der Waals surface area (Å²) in [5, 5.41) is 6.18. The van der Waals surface area contributed by atoms with Crippen molar-refractivity contribution in [2.24, 2.45) is 0 Å². The predicted octanol–water partition coefficient (Wildman–Crippen LogP) is 2.57. The zero-order valence-corrected chi connectivity index (χ0v) is 13.4. The Balaban J connectivity index is 2.09. The molecule has 1 saturated heterocycles. The molecule has 2 heterocycles. The molecule has 1 aliphatic heterocycles. The van der Waals surface area contributed by atoms with E-state index in [0.717, 1.165) is 23.9 Å². The second-order valence-electron chi connectivity index (χ2n) is 4.96. The second kappa shape index (κ2) is 7.04. The molecule has 1 fully saturated rings. The van der Waals surface area contributed by atoms with Crippen molar-refractivity contribution in [3.63, 3.8) is 0 Å². The lowest BCUT2D eigenvalue weighted by Gasteiger charge is -2.28. The van der Waals surface area contributed by atoms with Gasteiger partial charge < -0.3 is 15.4 Å². The number of rotatable bonds is 4. The maximum absolute atomic E-state index is 12.4. The van der Waals surface area contributed by atoms with Gasteiger partial charge in [0.2, 0.25) is 0 Å². The van der Waals surface area contributed by atoms with Gasteiger partial charge in [0, 0.05) is 29.9 Å². The highest BCUT2D eigenvalue weighted by Gasteiger charge is 2.22. The van der Waals surface area contributed by atoms with E-state index in [1.807, 2.05) is 13.8 Å². The van der Waals surface area contributed by atoms with E-state index in [4.69, 9.17) is 4.74 Å². The molecule has 0 radical (unpaired) electrons. The molecule has 0 bridgehead atoms. The highest BCUT2D eigenvalue weighted by molar-refractivity contribution is 9.10. The lowest BCUT2D eigenvalue weighted by Crippen LogP contribution is -2.41. The molecule has 0 saturated carbocycles. The van der Waals surface area contributed by atoms with Crippen LogP contribution in [0.25, 0.3) is 0 Å². The van der Waals surface area contributed by atoms with Crippen molar-refractivity contribution in [3.8, 4) is 0 Å². The molecule has 0 aromatic carbocycles. The number of halogens is 1. The zero-order valence-electron chi connectivity index (χ0n) is 11.8. The van der Waals surface area contributed by atoms with Crippen molar-refractivity contribution in [1.82, 2.24) is 10.3 Å².